The van der Waals surface area contributed by atoms with Gasteiger partial charge < -0.3 is 10.1 Å². The van der Waals surface area contributed by atoms with Crippen molar-refractivity contribution in [1.29, 1.82) is 0 Å². The maximum atomic E-state index is 5.25. The highest BCUT2D eigenvalue weighted by Crippen LogP contribution is 2.42. The van der Waals surface area contributed by atoms with Crippen LogP contribution in [0.1, 0.15) is 32.6 Å². The van der Waals surface area contributed by atoms with E-state index in [1.54, 1.807) is 7.11 Å². The lowest BCUT2D eigenvalue weighted by molar-refractivity contribution is 0.181. The van der Waals surface area contributed by atoms with E-state index in [-0.39, 0.29) is 0 Å². The molecule has 1 aliphatic rings. The van der Waals surface area contributed by atoms with Gasteiger partial charge in [-0.25, -0.2) is 4.98 Å². The molecule has 1 aromatic carbocycles. The predicted molar refractivity (Wildman–Crippen MR) is 77.6 cm³/mol. The van der Waals surface area contributed by atoms with E-state index in [4.69, 9.17) is 9.72 Å². The van der Waals surface area contributed by atoms with Crippen molar-refractivity contribution in [3.8, 4) is 0 Å². The van der Waals surface area contributed by atoms with Crippen LogP contribution in [0.2, 0.25) is 0 Å². The van der Waals surface area contributed by atoms with Crippen LogP contribution in [0.4, 0.5) is 0 Å². The Morgan fingerprint density at radius 2 is 2.26 bits per heavy atom. The summed E-state index contributed by atoms with van der Waals surface area (Å²) < 4.78 is 5.25. The monoisotopic (exact) mass is 274 g/mol. The van der Waals surface area contributed by atoms with Gasteiger partial charge >= 0.3 is 0 Å². The van der Waals surface area contributed by atoms with Gasteiger partial charge in [0.25, 0.3) is 0 Å². The van der Waals surface area contributed by atoms with Gasteiger partial charge in [-0.2, -0.15) is 0 Å². The second-order valence-corrected chi connectivity index (χ2v) is 5.96. The van der Waals surface area contributed by atoms with Gasteiger partial charge in [0.05, 0.1) is 12.3 Å². The predicted octanol–water partition coefficient (Wildman–Crippen LogP) is 2.70. The molecule has 100 valence electrons. The molecule has 1 heterocycles. The summed E-state index contributed by atoms with van der Waals surface area (Å²) in [6, 6.07) is 8.66. The summed E-state index contributed by atoms with van der Waals surface area (Å²) in [5, 5.41) is 4.44. The van der Waals surface area contributed by atoms with Gasteiger partial charge in [-0.15, -0.1) is 11.3 Å². The highest BCUT2D eigenvalue weighted by atomic mass is 32.1. The van der Waals surface area contributed by atoms with Crippen molar-refractivity contribution < 1.29 is 4.74 Å². The van der Waals surface area contributed by atoms with Gasteiger partial charge in [-0.3, -0.25) is 0 Å². The minimum absolute atomic E-state index is 0.488. The molecule has 1 atom stereocenters. The van der Waals surface area contributed by atoms with E-state index >= 15 is 0 Å². The van der Waals surface area contributed by atoms with Crippen molar-refractivity contribution in [2.45, 2.75) is 25.5 Å². The first-order chi connectivity index (χ1) is 9.33. The largest absolute Gasteiger partial charge is 0.378 e. The maximum Gasteiger partial charge on any atom is 0.101 e. The summed E-state index contributed by atoms with van der Waals surface area (Å²) in [4.78, 5) is 6.09. The van der Waals surface area contributed by atoms with Crippen LogP contribution in [0.5, 0.6) is 0 Å². The van der Waals surface area contributed by atoms with Crippen molar-refractivity contribution in [1.82, 2.24) is 10.3 Å². The van der Waals surface area contributed by atoms with E-state index in [0.717, 1.165) is 18.7 Å². The Hall–Kier alpha value is -1.23. The molecule has 2 aromatic rings. The van der Waals surface area contributed by atoms with Crippen molar-refractivity contribution in [2.24, 2.45) is 0 Å². The fourth-order valence-corrected chi connectivity index (χ4v) is 3.78. The molecule has 1 aliphatic carbocycles. The molecule has 3 rings (SSSR count). The highest BCUT2D eigenvalue weighted by Gasteiger charge is 2.30. The second-order valence-electron chi connectivity index (χ2n) is 4.84. The number of rotatable bonds is 5. The van der Waals surface area contributed by atoms with Gasteiger partial charge in [0, 0.05) is 24.4 Å². The lowest BCUT2D eigenvalue weighted by Gasteiger charge is -2.28. The normalized spacial score (nSPS) is 17.1. The Morgan fingerprint density at radius 1 is 1.42 bits per heavy atom. The van der Waals surface area contributed by atoms with E-state index in [2.05, 4.69) is 29.6 Å². The average molecular weight is 274 g/mol. The summed E-state index contributed by atoms with van der Waals surface area (Å²) in [5.41, 5.74) is 3.99. The third kappa shape index (κ3) is 2.31. The molecule has 1 N–H and O–H groups in total. The fourth-order valence-electron chi connectivity index (χ4n) is 2.58. The van der Waals surface area contributed by atoms with Crippen LogP contribution in [0, 0.1) is 0 Å². The molecular formula is C15H18N2OS. The van der Waals surface area contributed by atoms with Gasteiger partial charge in [0.15, 0.2) is 0 Å². The number of ether oxygens (including phenoxy) is 1. The molecule has 3 nitrogen and oxygen atoms in total. The number of hydrogen-bond donors (Lipinski definition) is 1. The van der Waals surface area contributed by atoms with Crippen LogP contribution in [-0.4, -0.2) is 19.1 Å². The molecule has 4 heteroatoms. The van der Waals surface area contributed by atoms with E-state index in [1.165, 1.54) is 21.0 Å². The summed E-state index contributed by atoms with van der Waals surface area (Å²) in [7, 11) is 3.69. The zero-order valence-electron chi connectivity index (χ0n) is 11.3. The van der Waals surface area contributed by atoms with Gasteiger partial charge in [-0.05, 0) is 24.6 Å². The third-order valence-corrected chi connectivity index (χ3v) is 4.78. The van der Waals surface area contributed by atoms with Crippen LogP contribution in [0.15, 0.2) is 24.3 Å². The first kappa shape index (κ1) is 12.8. The zero-order valence-corrected chi connectivity index (χ0v) is 12.1. The smallest absolute Gasteiger partial charge is 0.101 e. The fraction of sp³-hybridized carbons (Fsp3) is 0.400. The Morgan fingerprint density at radius 3 is 3.00 bits per heavy atom. The topological polar surface area (TPSA) is 34.2 Å². The zero-order chi connectivity index (χ0) is 13.2. The Labute approximate surface area is 117 Å². The number of methoxy groups -OCH3 is 1. The van der Waals surface area contributed by atoms with Gasteiger partial charge in [-0.1, -0.05) is 24.3 Å². The second kappa shape index (κ2) is 5.41. The van der Waals surface area contributed by atoms with E-state index in [9.17, 15) is 0 Å². The minimum atomic E-state index is 0.488. The Kier molecular flexibility index (Phi) is 3.64. The number of benzene rings is 1. The van der Waals surface area contributed by atoms with Crippen LogP contribution < -0.4 is 5.32 Å². The molecule has 0 fully saturated rings. The summed E-state index contributed by atoms with van der Waals surface area (Å²) in [6.45, 7) is 1.46. The van der Waals surface area contributed by atoms with Crippen molar-refractivity contribution in [3.05, 3.63) is 51.0 Å². The molecule has 0 bridgehead atoms. The quantitative estimate of drug-likeness (QED) is 0.910. The lowest BCUT2D eigenvalue weighted by atomic mass is 9.78. The number of hydrogen-bond acceptors (Lipinski definition) is 4. The van der Waals surface area contributed by atoms with E-state index in [0.29, 0.717) is 12.5 Å². The molecule has 0 saturated carbocycles. The summed E-state index contributed by atoms with van der Waals surface area (Å²) in [6.07, 6.45) is 1.12. The number of thiazole rings is 1. The van der Waals surface area contributed by atoms with Crippen molar-refractivity contribution in [2.75, 3.05) is 14.2 Å². The lowest BCUT2D eigenvalue weighted by Crippen LogP contribution is -2.17. The van der Waals surface area contributed by atoms with Crippen molar-refractivity contribution in [3.63, 3.8) is 0 Å². The Bertz CT molecular complexity index is 556. The minimum Gasteiger partial charge on any atom is -0.378 e. The molecule has 1 unspecified atom stereocenters. The van der Waals surface area contributed by atoms with E-state index < -0.39 is 0 Å². The SMILES string of the molecule is CNCc1sc(C2Cc3ccccc32)nc1COC. The van der Waals surface area contributed by atoms with Crippen LogP contribution >= 0.6 is 11.3 Å². The molecular weight excluding hydrogens is 256 g/mol. The van der Waals surface area contributed by atoms with Gasteiger partial charge in [0.2, 0.25) is 0 Å². The molecule has 19 heavy (non-hydrogen) atoms. The van der Waals surface area contributed by atoms with E-state index in [1.807, 2.05) is 18.4 Å². The van der Waals surface area contributed by atoms with Crippen LogP contribution in [0.3, 0.4) is 0 Å². The Balaban J connectivity index is 1.88. The molecule has 0 radical (unpaired) electrons. The molecule has 0 spiro atoms. The highest BCUT2D eigenvalue weighted by molar-refractivity contribution is 7.11. The number of nitrogens with one attached hydrogen (secondary N) is 1. The van der Waals surface area contributed by atoms with Crippen molar-refractivity contribution >= 4 is 11.3 Å². The maximum absolute atomic E-state index is 5.25. The number of fused-ring (bicyclic) bond motifs is 1. The molecule has 1 aromatic heterocycles. The molecule has 0 aliphatic heterocycles. The standard InChI is InChI=1S/C15H18N2OS/c1-16-8-14-13(9-18-2)17-15(19-14)12-7-10-5-3-4-6-11(10)12/h3-6,12,16H,7-9H2,1-2H3. The number of aromatic nitrogens is 1. The van der Waals surface area contributed by atoms with Crippen LogP contribution in [-0.2, 0) is 24.3 Å². The van der Waals surface area contributed by atoms with Gasteiger partial charge in [0.1, 0.15) is 5.01 Å². The third-order valence-electron chi connectivity index (χ3n) is 3.57. The molecule has 0 saturated heterocycles. The summed E-state index contributed by atoms with van der Waals surface area (Å²) >= 11 is 1.82. The average Bonchev–Trinajstić information content (AvgIpc) is 2.75. The summed E-state index contributed by atoms with van der Waals surface area (Å²) in [5.74, 6) is 0.488. The number of nitrogens with zero attached hydrogens (tertiary/aromatic N) is 1. The first-order valence-corrected chi connectivity index (χ1v) is 7.35. The first-order valence-electron chi connectivity index (χ1n) is 6.53. The molecule has 0 amide bonds. The van der Waals surface area contributed by atoms with Crippen LogP contribution in [0.25, 0.3) is 0 Å².